The minimum Gasteiger partial charge on any atom is -0.305 e. The molecule has 2 aliphatic carbocycles. The lowest BCUT2D eigenvalue weighted by molar-refractivity contribution is 0.116. The van der Waals surface area contributed by atoms with Crippen molar-refractivity contribution < 1.29 is 0 Å². The number of rotatable bonds is 3. The summed E-state index contributed by atoms with van der Waals surface area (Å²) in [5, 5.41) is 3.82. The van der Waals surface area contributed by atoms with Crippen LogP contribution >= 0.6 is 0 Å². The summed E-state index contributed by atoms with van der Waals surface area (Å²) >= 11 is 0. The minimum absolute atomic E-state index is 0.283. The van der Waals surface area contributed by atoms with Gasteiger partial charge in [0.15, 0.2) is 0 Å². The van der Waals surface area contributed by atoms with Crippen LogP contribution in [0.1, 0.15) is 58.7 Å². The van der Waals surface area contributed by atoms with Gasteiger partial charge >= 0.3 is 0 Å². The number of nitrogens with one attached hydrogen (secondary N) is 1. The zero-order chi connectivity index (χ0) is 13.7. The highest BCUT2D eigenvalue weighted by atomic mass is 15.0. The third-order valence-corrected chi connectivity index (χ3v) is 6.27. The van der Waals surface area contributed by atoms with Crippen molar-refractivity contribution in [1.82, 2.24) is 15.3 Å². The fourth-order valence-corrected chi connectivity index (χ4v) is 4.38. The molecular formula is C16H25N3. The molecule has 2 aliphatic rings. The van der Waals surface area contributed by atoms with Crippen molar-refractivity contribution in [2.24, 2.45) is 16.7 Å². The van der Waals surface area contributed by atoms with Gasteiger partial charge in [0.1, 0.15) is 0 Å². The van der Waals surface area contributed by atoms with E-state index in [1.165, 1.54) is 19.3 Å². The van der Waals surface area contributed by atoms with E-state index in [-0.39, 0.29) is 6.04 Å². The predicted molar refractivity (Wildman–Crippen MR) is 76.6 cm³/mol. The second-order valence-corrected chi connectivity index (χ2v) is 7.18. The summed E-state index contributed by atoms with van der Waals surface area (Å²) in [7, 11) is 0. The molecule has 3 heteroatoms. The highest BCUT2D eigenvalue weighted by Crippen LogP contribution is 2.65. The van der Waals surface area contributed by atoms with E-state index in [9.17, 15) is 0 Å². The van der Waals surface area contributed by atoms with E-state index in [0.717, 1.165) is 11.6 Å². The molecule has 1 heterocycles. The first-order chi connectivity index (χ1) is 8.95. The zero-order valence-electron chi connectivity index (χ0n) is 12.5. The van der Waals surface area contributed by atoms with Crippen LogP contribution < -0.4 is 5.32 Å². The van der Waals surface area contributed by atoms with Crippen molar-refractivity contribution in [1.29, 1.82) is 0 Å². The maximum absolute atomic E-state index is 4.42. The highest BCUT2D eigenvalue weighted by molar-refractivity contribution is 5.14. The van der Waals surface area contributed by atoms with Crippen molar-refractivity contribution in [2.75, 3.05) is 0 Å². The van der Waals surface area contributed by atoms with Crippen molar-refractivity contribution in [3.8, 4) is 0 Å². The van der Waals surface area contributed by atoms with Crippen molar-refractivity contribution in [3.05, 3.63) is 24.3 Å². The number of hydrogen-bond acceptors (Lipinski definition) is 3. The summed E-state index contributed by atoms with van der Waals surface area (Å²) in [6, 6.07) is 0.893. The Balaban J connectivity index is 1.76. The summed E-state index contributed by atoms with van der Waals surface area (Å²) in [6.07, 6.45) is 9.46. The highest BCUT2D eigenvalue weighted by Gasteiger charge is 2.61. The molecule has 1 N–H and O–H groups in total. The van der Waals surface area contributed by atoms with Crippen LogP contribution in [-0.2, 0) is 0 Å². The molecule has 0 radical (unpaired) electrons. The molecule has 0 spiro atoms. The van der Waals surface area contributed by atoms with Crippen LogP contribution in [0.4, 0.5) is 0 Å². The summed E-state index contributed by atoms with van der Waals surface area (Å²) in [6.45, 7) is 9.59. The van der Waals surface area contributed by atoms with Crippen LogP contribution in [0.15, 0.2) is 18.6 Å². The van der Waals surface area contributed by atoms with E-state index in [1.807, 2.05) is 6.20 Å². The largest absolute Gasteiger partial charge is 0.305 e. The van der Waals surface area contributed by atoms with Crippen molar-refractivity contribution >= 4 is 0 Å². The summed E-state index contributed by atoms with van der Waals surface area (Å²) < 4.78 is 0. The van der Waals surface area contributed by atoms with Crippen LogP contribution in [0.25, 0.3) is 0 Å². The molecule has 0 aromatic carbocycles. The van der Waals surface area contributed by atoms with Crippen molar-refractivity contribution in [2.45, 2.75) is 59.0 Å². The number of fused-ring (bicyclic) bond motifs is 2. The molecule has 19 heavy (non-hydrogen) atoms. The number of hydrogen-bond donors (Lipinski definition) is 1. The Kier molecular flexibility index (Phi) is 2.93. The van der Waals surface area contributed by atoms with Gasteiger partial charge in [-0.1, -0.05) is 20.8 Å². The summed E-state index contributed by atoms with van der Waals surface area (Å²) in [4.78, 5) is 8.59. The Labute approximate surface area is 116 Å². The van der Waals surface area contributed by atoms with Crippen LogP contribution in [0.2, 0.25) is 0 Å². The first kappa shape index (κ1) is 13.0. The normalized spacial score (nSPS) is 37.5. The van der Waals surface area contributed by atoms with Crippen LogP contribution in [0, 0.1) is 16.7 Å². The van der Waals surface area contributed by atoms with Gasteiger partial charge in [-0.2, -0.15) is 0 Å². The van der Waals surface area contributed by atoms with Gasteiger partial charge in [-0.3, -0.25) is 9.97 Å². The van der Waals surface area contributed by atoms with E-state index in [4.69, 9.17) is 0 Å². The maximum atomic E-state index is 4.42. The number of nitrogens with zero attached hydrogens (tertiary/aromatic N) is 2. The standard InChI is InChI=1S/C16H25N3/c1-11(13-10-17-7-8-18-13)19-14-9-12-5-6-16(14,4)15(12,2)3/h7-8,10-12,14,19H,5-6,9H2,1-4H3. The molecule has 2 saturated carbocycles. The predicted octanol–water partition coefficient (Wildman–Crippen LogP) is 3.34. The first-order valence-corrected chi connectivity index (χ1v) is 7.47. The second-order valence-electron chi connectivity index (χ2n) is 7.18. The molecule has 0 saturated heterocycles. The average molecular weight is 259 g/mol. The van der Waals surface area contributed by atoms with Crippen molar-refractivity contribution in [3.63, 3.8) is 0 Å². The van der Waals surface area contributed by atoms with Gasteiger partial charge in [-0.05, 0) is 42.9 Å². The summed E-state index contributed by atoms with van der Waals surface area (Å²) in [5.74, 6) is 0.879. The molecule has 4 atom stereocenters. The van der Waals surface area contributed by atoms with E-state index in [2.05, 4.69) is 43.0 Å². The van der Waals surface area contributed by atoms with E-state index in [1.54, 1.807) is 12.4 Å². The lowest BCUT2D eigenvalue weighted by Gasteiger charge is -2.40. The smallest absolute Gasteiger partial charge is 0.0753 e. The zero-order valence-corrected chi connectivity index (χ0v) is 12.5. The third-order valence-electron chi connectivity index (χ3n) is 6.27. The molecule has 104 valence electrons. The molecule has 1 aromatic heterocycles. The van der Waals surface area contributed by atoms with Crippen LogP contribution in [0.3, 0.4) is 0 Å². The molecule has 2 fully saturated rings. The topological polar surface area (TPSA) is 37.8 Å². The lowest BCUT2D eigenvalue weighted by atomic mass is 9.69. The number of aromatic nitrogens is 2. The second kappa shape index (κ2) is 4.27. The van der Waals surface area contributed by atoms with Gasteiger partial charge in [0.2, 0.25) is 0 Å². The lowest BCUT2D eigenvalue weighted by Crippen LogP contribution is -2.45. The van der Waals surface area contributed by atoms with Gasteiger partial charge in [0, 0.05) is 30.7 Å². The van der Waals surface area contributed by atoms with Crippen LogP contribution in [0.5, 0.6) is 0 Å². The van der Waals surface area contributed by atoms with Gasteiger partial charge in [-0.15, -0.1) is 0 Å². The van der Waals surface area contributed by atoms with Gasteiger partial charge in [-0.25, -0.2) is 0 Å². The van der Waals surface area contributed by atoms with E-state index >= 15 is 0 Å². The fourth-order valence-electron chi connectivity index (χ4n) is 4.38. The Morgan fingerprint density at radius 3 is 2.63 bits per heavy atom. The molecule has 1 aromatic rings. The maximum Gasteiger partial charge on any atom is 0.0753 e. The van der Waals surface area contributed by atoms with Gasteiger partial charge < -0.3 is 5.32 Å². The Morgan fingerprint density at radius 2 is 2.11 bits per heavy atom. The molecule has 0 aliphatic heterocycles. The Hall–Kier alpha value is -0.960. The molecule has 3 nitrogen and oxygen atoms in total. The monoisotopic (exact) mass is 259 g/mol. The van der Waals surface area contributed by atoms with Crippen LogP contribution in [-0.4, -0.2) is 16.0 Å². The molecule has 2 bridgehead atoms. The van der Waals surface area contributed by atoms with E-state index < -0.39 is 0 Å². The molecule has 3 rings (SSSR count). The fraction of sp³-hybridized carbons (Fsp3) is 0.750. The third kappa shape index (κ3) is 1.82. The molecule has 4 unspecified atom stereocenters. The minimum atomic E-state index is 0.283. The quantitative estimate of drug-likeness (QED) is 0.904. The van der Waals surface area contributed by atoms with E-state index in [0.29, 0.717) is 16.9 Å². The first-order valence-electron chi connectivity index (χ1n) is 7.47. The van der Waals surface area contributed by atoms with Gasteiger partial charge in [0.05, 0.1) is 5.69 Å². The molecule has 0 amide bonds. The van der Waals surface area contributed by atoms with Gasteiger partial charge in [0.25, 0.3) is 0 Å². The summed E-state index contributed by atoms with van der Waals surface area (Å²) in [5.41, 5.74) is 1.94. The Bertz CT molecular complexity index is 456. The molecular weight excluding hydrogens is 234 g/mol. The SMILES string of the molecule is CC(NC1CC2CCC1(C)C2(C)C)c1cnccn1. The average Bonchev–Trinajstić information content (AvgIpc) is 2.73. The Morgan fingerprint density at radius 1 is 1.32 bits per heavy atom.